The molecule has 0 heterocycles. The highest BCUT2D eigenvalue weighted by atomic mass is 79.9. The highest BCUT2D eigenvalue weighted by Gasteiger charge is 2.16. The average Bonchev–Trinajstić information content (AvgIpc) is 2.34. The zero-order valence-electron chi connectivity index (χ0n) is 10.1. The Labute approximate surface area is 110 Å². The minimum atomic E-state index is -0.406. The maximum Gasteiger partial charge on any atom is 0.253 e. The normalized spacial score (nSPS) is 10.6. The lowest BCUT2D eigenvalue weighted by molar-refractivity contribution is -0.110. The van der Waals surface area contributed by atoms with E-state index in [9.17, 15) is 4.79 Å². The van der Waals surface area contributed by atoms with Crippen LogP contribution in [0.15, 0.2) is 28.7 Å². The average molecular weight is 302 g/mol. The number of rotatable bonds is 5. The summed E-state index contributed by atoms with van der Waals surface area (Å²) >= 11 is 3.34. The highest BCUT2D eigenvalue weighted by molar-refractivity contribution is 9.10. The van der Waals surface area contributed by atoms with Gasteiger partial charge in [-0.1, -0.05) is 22.0 Å². The van der Waals surface area contributed by atoms with E-state index in [4.69, 9.17) is 9.47 Å². The Bertz CT molecular complexity index is 380. The minimum absolute atomic E-state index is 0.0644. The van der Waals surface area contributed by atoms with Crippen molar-refractivity contribution in [1.29, 1.82) is 0 Å². The van der Waals surface area contributed by atoms with Gasteiger partial charge in [0.25, 0.3) is 5.91 Å². The summed E-state index contributed by atoms with van der Waals surface area (Å²) in [7, 11) is 4.81. The van der Waals surface area contributed by atoms with E-state index in [1.165, 1.54) is 0 Å². The van der Waals surface area contributed by atoms with Gasteiger partial charge >= 0.3 is 0 Å². The van der Waals surface area contributed by atoms with Gasteiger partial charge < -0.3 is 14.4 Å². The van der Waals surface area contributed by atoms with E-state index in [1.807, 2.05) is 12.1 Å². The lowest BCUT2D eigenvalue weighted by Crippen LogP contribution is -2.36. The van der Waals surface area contributed by atoms with Gasteiger partial charge in [0.05, 0.1) is 6.54 Å². The van der Waals surface area contributed by atoms with Gasteiger partial charge in [-0.25, -0.2) is 0 Å². The van der Waals surface area contributed by atoms with Crippen LogP contribution in [-0.2, 0) is 9.47 Å². The maximum absolute atomic E-state index is 12.1. The van der Waals surface area contributed by atoms with Gasteiger partial charge in [0, 0.05) is 31.3 Å². The molecule has 5 heteroatoms. The van der Waals surface area contributed by atoms with Gasteiger partial charge in [-0.15, -0.1) is 0 Å². The third-order valence-corrected chi connectivity index (χ3v) is 2.86. The van der Waals surface area contributed by atoms with Crippen LogP contribution in [0.25, 0.3) is 0 Å². The molecule has 0 aliphatic rings. The van der Waals surface area contributed by atoms with Crippen LogP contribution in [0, 0.1) is 0 Å². The number of halogens is 1. The molecular formula is C12H16BrNO3. The second-order valence-corrected chi connectivity index (χ2v) is 4.51. The molecule has 1 aromatic carbocycles. The Morgan fingerprint density at radius 2 is 2.06 bits per heavy atom. The van der Waals surface area contributed by atoms with Crippen LogP contribution in [-0.4, -0.2) is 44.9 Å². The van der Waals surface area contributed by atoms with Gasteiger partial charge in [0.15, 0.2) is 6.29 Å². The number of hydrogen-bond acceptors (Lipinski definition) is 3. The van der Waals surface area contributed by atoms with Gasteiger partial charge in [0.2, 0.25) is 0 Å². The number of nitrogens with zero attached hydrogens (tertiary/aromatic N) is 1. The fourth-order valence-corrected chi connectivity index (χ4v) is 1.79. The maximum atomic E-state index is 12.1. The van der Waals surface area contributed by atoms with E-state index in [-0.39, 0.29) is 5.91 Å². The van der Waals surface area contributed by atoms with E-state index in [0.29, 0.717) is 12.1 Å². The van der Waals surface area contributed by atoms with Crippen LogP contribution < -0.4 is 0 Å². The topological polar surface area (TPSA) is 38.8 Å². The Morgan fingerprint density at radius 1 is 1.41 bits per heavy atom. The summed E-state index contributed by atoms with van der Waals surface area (Å²) in [5.74, 6) is -0.0644. The molecule has 0 atom stereocenters. The summed E-state index contributed by atoms with van der Waals surface area (Å²) in [4.78, 5) is 13.6. The van der Waals surface area contributed by atoms with Crippen molar-refractivity contribution >= 4 is 21.8 Å². The molecule has 1 rings (SSSR count). The van der Waals surface area contributed by atoms with E-state index in [2.05, 4.69) is 15.9 Å². The standard InChI is InChI=1S/C12H16BrNO3/c1-14(8-11(16-2)17-3)12(15)9-5-4-6-10(13)7-9/h4-7,11H,8H2,1-3H3. The second-order valence-electron chi connectivity index (χ2n) is 3.60. The molecule has 1 amide bonds. The minimum Gasteiger partial charge on any atom is -0.354 e. The molecule has 0 aromatic heterocycles. The smallest absolute Gasteiger partial charge is 0.253 e. The fourth-order valence-electron chi connectivity index (χ4n) is 1.39. The number of carbonyl (C=O) groups is 1. The summed E-state index contributed by atoms with van der Waals surface area (Å²) in [6, 6.07) is 7.27. The fraction of sp³-hybridized carbons (Fsp3) is 0.417. The Morgan fingerprint density at radius 3 is 2.59 bits per heavy atom. The molecule has 0 saturated carbocycles. The van der Waals surface area contributed by atoms with Gasteiger partial charge in [-0.2, -0.15) is 0 Å². The molecule has 4 nitrogen and oxygen atoms in total. The number of likely N-dealkylation sites (N-methyl/N-ethyl adjacent to an activating group) is 1. The van der Waals surface area contributed by atoms with Crippen LogP contribution in [0.1, 0.15) is 10.4 Å². The predicted molar refractivity (Wildman–Crippen MR) is 68.9 cm³/mol. The summed E-state index contributed by atoms with van der Waals surface area (Å²) in [5, 5.41) is 0. The Balaban J connectivity index is 2.69. The Kier molecular flexibility index (Phi) is 5.61. The third-order valence-electron chi connectivity index (χ3n) is 2.37. The molecule has 1 aromatic rings. The summed E-state index contributed by atoms with van der Waals surface area (Å²) < 4.78 is 11.0. The molecule has 0 radical (unpaired) electrons. The van der Waals surface area contributed by atoms with Crippen molar-refractivity contribution in [1.82, 2.24) is 4.90 Å². The summed E-state index contributed by atoms with van der Waals surface area (Å²) in [6.07, 6.45) is -0.406. The first-order valence-electron chi connectivity index (χ1n) is 5.15. The molecule has 0 aliphatic heterocycles. The first-order valence-corrected chi connectivity index (χ1v) is 5.94. The van der Waals surface area contributed by atoms with Gasteiger partial charge in [-0.05, 0) is 18.2 Å². The van der Waals surface area contributed by atoms with Crippen molar-refractivity contribution in [3.05, 3.63) is 34.3 Å². The Hall–Kier alpha value is -0.910. The number of ether oxygens (including phenoxy) is 2. The lowest BCUT2D eigenvalue weighted by Gasteiger charge is -2.22. The molecule has 94 valence electrons. The summed E-state index contributed by atoms with van der Waals surface area (Å²) in [5.41, 5.74) is 0.632. The number of carbonyl (C=O) groups excluding carboxylic acids is 1. The molecule has 0 fully saturated rings. The van der Waals surface area contributed by atoms with Crippen molar-refractivity contribution in [2.45, 2.75) is 6.29 Å². The van der Waals surface area contributed by atoms with Crippen molar-refractivity contribution in [2.75, 3.05) is 27.8 Å². The number of hydrogen-bond donors (Lipinski definition) is 0. The molecule has 0 bridgehead atoms. The molecular weight excluding hydrogens is 286 g/mol. The quantitative estimate of drug-likeness (QED) is 0.782. The molecule has 0 spiro atoms. The molecule has 0 unspecified atom stereocenters. The van der Waals surface area contributed by atoms with Crippen LogP contribution >= 0.6 is 15.9 Å². The zero-order valence-corrected chi connectivity index (χ0v) is 11.7. The highest BCUT2D eigenvalue weighted by Crippen LogP contribution is 2.13. The number of benzene rings is 1. The van der Waals surface area contributed by atoms with E-state index in [0.717, 1.165) is 4.47 Å². The number of amides is 1. The zero-order chi connectivity index (χ0) is 12.8. The van der Waals surface area contributed by atoms with Crippen molar-refractivity contribution in [3.8, 4) is 0 Å². The van der Waals surface area contributed by atoms with Crippen LogP contribution in [0.5, 0.6) is 0 Å². The molecule has 0 aliphatic carbocycles. The molecule has 0 N–H and O–H groups in total. The number of methoxy groups -OCH3 is 2. The second kappa shape index (κ2) is 6.74. The predicted octanol–water partition coefficient (Wildman–Crippen LogP) is 2.14. The van der Waals surface area contributed by atoms with E-state index in [1.54, 1.807) is 38.3 Å². The van der Waals surface area contributed by atoms with Gasteiger partial charge in [-0.3, -0.25) is 4.79 Å². The third kappa shape index (κ3) is 4.11. The van der Waals surface area contributed by atoms with Gasteiger partial charge in [0.1, 0.15) is 0 Å². The van der Waals surface area contributed by atoms with Crippen molar-refractivity contribution in [3.63, 3.8) is 0 Å². The van der Waals surface area contributed by atoms with Crippen LogP contribution in [0.4, 0.5) is 0 Å². The van der Waals surface area contributed by atoms with E-state index < -0.39 is 6.29 Å². The monoisotopic (exact) mass is 301 g/mol. The SMILES string of the molecule is COC(CN(C)C(=O)c1cccc(Br)c1)OC. The van der Waals surface area contributed by atoms with E-state index >= 15 is 0 Å². The first-order chi connectivity index (χ1) is 8.08. The van der Waals surface area contributed by atoms with Crippen molar-refractivity contribution < 1.29 is 14.3 Å². The van der Waals surface area contributed by atoms with Crippen LogP contribution in [0.3, 0.4) is 0 Å². The van der Waals surface area contributed by atoms with Crippen molar-refractivity contribution in [2.24, 2.45) is 0 Å². The van der Waals surface area contributed by atoms with Crippen LogP contribution in [0.2, 0.25) is 0 Å². The first kappa shape index (κ1) is 14.2. The lowest BCUT2D eigenvalue weighted by atomic mass is 10.2. The largest absolute Gasteiger partial charge is 0.354 e. The molecule has 0 saturated heterocycles. The summed E-state index contributed by atoms with van der Waals surface area (Å²) in [6.45, 7) is 0.387. The molecule has 17 heavy (non-hydrogen) atoms.